The van der Waals surface area contributed by atoms with Crippen molar-refractivity contribution in [3.8, 4) is 28.0 Å². The number of hydrogen-bond acceptors (Lipinski definition) is 2. The summed E-state index contributed by atoms with van der Waals surface area (Å²) in [7, 11) is 0. The van der Waals surface area contributed by atoms with Gasteiger partial charge in [-0.05, 0) is 66.5 Å². The third-order valence-electron chi connectivity index (χ3n) is 6.45. The second-order valence-electron chi connectivity index (χ2n) is 8.96. The highest BCUT2D eigenvalue weighted by Gasteiger charge is 2.23. The van der Waals surface area contributed by atoms with Gasteiger partial charge in [-0.15, -0.1) is 0 Å². The van der Waals surface area contributed by atoms with Crippen LogP contribution in [0.4, 0.5) is 13.2 Å². The van der Waals surface area contributed by atoms with E-state index in [9.17, 15) is 13.2 Å². The molecule has 1 aliphatic rings. The lowest BCUT2D eigenvalue weighted by atomic mass is 9.91. The molecule has 0 radical (unpaired) electrons. The first-order valence-corrected chi connectivity index (χ1v) is 12.1. The quantitative estimate of drug-likeness (QED) is 0.330. The molecule has 4 rings (SSSR count). The van der Waals surface area contributed by atoms with Crippen molar-refractivity contribution in [2.24, 2.45) is 5.92 Å². The summed E-state index contributed by atoms with van der Waals surface area (Å²) in [6.45, 7) is 5.13. The summed E-state index contributed by atoms with van der Waals surface area (Å²) in [4.78, 5) is 0. The van der Waals surface area contributed by atoms with Gasteiger partial charge in [-0.1, -0.05) is 56.7 Å². The van der Waals surface area contributed by atoms with Crippen LogP contribution < -0.4 is 4.74 Å². The Labute approximate surface area is 199 Å². The smallest absolute Gasteiger partial charge is 0.201 e. The molecular formula is C29H31F3O2. The van der Waals surface area contributed by atoms with Crippen molar-refractivity contribution < 1.29 is 22.6 Å². The summed E-state index contributed by atoms with van der Waals surface area (Å²) in [5.74, 6) is -1.76. The minimum absolute atomic E-state index is 0.0684. The first-order valence-electron chi connectivity index (χ1n) is 12.1. The van der Waals surface area contributed by atoms with E-state index in [0.717, 1.165) is 31.4 Å². The third-order valence-corrected chi connectivity index (χ3v) is 6.45. The van der Waals surface area contributed by atoms with E-state index in [1.54, 1.807) is 36.4 Å². The maximum absolute atomic E-state index is 15.0. The van der Waals surface area contributed by atoms with Crippen LogP contribution in [0.5, 0.6) is 5.75 Å². The molecule has 0 bridgehead atoms. The molecule has 1 heterocycles. The van der Waals surface area contributed by atoms with Gasteiger partial charge >= 0.3 is 0 Å². The van der Waals surface area contributed by atoms with E-state index in [1.165, 1.54) is 18.6 Å². The van der Waals surface area contributed by atoms with Crippen molar-refractivity contribution in [3.05, 3.63) is 77.6 Å². The third kappa shape index (κ3) is 5.30. The van der Waals surface area contributed by atoms with Crippen molar-refractivity contribution in [1.29, 1.82) is 0 Å². The van der Waals surface area contributed by atoms with Gasteiger partial charge in [0.2, 0.25) is 5.82 Å². The Bertz CT molecular complexity index is 1100. The average molecular weight is 469 g/mol. The standard InChI is InChI=1S/C29H31F3O2/c1-3-5-19-6-14-26(34-18-19)22-11-12-23(25(30)17-22)20-7-9-21(10-8-20)24-13-15-27(33-16-4-2)29(32)28(24)31/h7-13,15,17,19,26H,3-6,14,16,18H2,1-2H3. The van der Waals surface area contributed by atoms with E-state index >= 15 is 0 Å². The fraction of sp³-hybridized carbons (Fsp3) is 0.379. The Hall–Kier alpha value is -2.79. The fourth-order valence-electron chi connectivity index (χ4n) is 4.58. The predicted octanol–water partition coefficient (Wildman–Crippen LogP) is 8.49. The number of rotatable bonds is 8. The normalized spacial score (nSPS) is 18.1. The summed E-state index contributed by atoms with van der Waals surface area (Å²) < 4.78 is 55.2. The number of hydrogen-bond donors (Lipinski definition) is 0. The zero-order valence-electron chi connectivity index (χ0n) is 19.8. The summed E-state index contributed by atoms with van der Waals surface area (Å²) in [6.07, 6.45) is 4.97. The number of benzene rings is 3. The molecule has 1 fully saturated rings. The van der Waals surface area contributed by atoms with Crippen LogP contribution in [0.25, 0.3) is 22.3 Å². The van der Waals surface area contributed by atoms with E-state index in [4.69, 9.17) is 9.47 Å². The van der Waals surface area contributed by atoms with Crippen LogP contribution in [-0.2, 0) is 4.74 Å². The molecule has 1 saturated heterocycles. The highest BCUT2D eigenvalue weighted by Crippen LogP contribution is 2.35. The maximum Gasteiger partial charge on any atom is 0.201 e. The topological polar surface area (TPSA) is 18.5 Å². The molecule has 3 aromatic rings. The van der Waals surface area contributed by atoms with E-state index in [-0.39, 0.29) is 23.2 Å². The molecule has 0 N–H and O–H groups in total. The fourth-order valence-corrected chi connectivity index (χ4v) is 4.58. The molecule has 0 saturated carbocycles. The lowest BCUT2D eigenvalue weighted by Crippen LogP contribution is -2.20. The van der Waals surface area contributed by atoms with Crippen molar-refractivity contribution >= 4 is 0 Å². The Morgan fingerprint density at radius 2 is 1.53 bits per heavy atom. The van der Waals surface area contributed by atoms with Crippen LogP contribution in [0.3, 0.4) is 0 Å². The van der Waals surface area contributed by atoms with Gasteiger partial charge < -0.3 is 9.47 Å². The molecule has 2 unspecified atom stereocenters. The van der Waals surface area contributed by atoms with Gasteiger partial charge in [0.25, 0.3) is 0 Å². The SMILES string of the molecule is CCCOc1ccc(-c2ccc(-c3ccc(C4CCC(CCC)CO4)cc3F)cc2)c(F)c1F. The highest BCUT2D eigenvalue weighted by molar-refractivity contribution is 5.71. The minimum atomic E-state index is -0.998. The molecule has 0 spiro atoms. The van der Waals surface area contributed by atoms with Gasteiger partial charge in [0, 0.05) is 11.1 Å². The summed E-state index contributed by atoms with van der Waals surface area (Å²) in [5, 5.41) is 0. The van der Waals surface area contributed by atoms with E-state index in [1.807, 2.05) is 13.0 Å². The van der Waals surface area contributed by atoms with Crippen LogP contribution in [0, 0.1) is 23.4 Å². The van der Waals surface area contributed by atoms with Gasteiger partial charge in [-0.2, -0.15) is 4.39 Å². The second kappa shape index (κ2) is 11.1. The molecule has 0 aliphatic carbocycles. The Balaban J connectivity index is 1.50. The van der Waals surface area contributed by atoms with E-state index in [2.05, 4.69) is 6.92 Å². The van der Waals surface area contributed by atoms with Gasteiger partial charge in [-0.25, -0.2) is 8.78 Å². The lowest BCUT2D eigenvalue weighted by Gasteiger charge is -2.29. The van der Waals surface area contributed by atoms with Gasteiger partial charge in [0.15, 0.2) is 11.6 Å². The molecule has 5 heteroatoms. The lowest BCUT2D eigenvalue weighted by molar-refractivity contribution is -0.0195. The molecule has 180 valence electrons. The Morgan fingerprint density at radius 3 is 2.15 bits per heavy atom. The molecule has 2 nitrogen and oxygen atoms in total. The van der Waals surface area contributed by atoms with E-state index in [0.29, 0.717) is 35.6 Å². The van der Waals surface area contributed by atoms with E-state index < -0.39 is 11.6 Å². The average Bonchev–Trinajstić information content (AvgIpc) is 2.86. The van der Waals surface area contributed by atoms with Crippen LogP contribution in [0.15, 0.2) is 54.6 Å². The van der Waals surface area contributed by atoms with Crippen LogP contribution in [0.2, 0.25) is 0 Å². The van der Waals surface area contributed by atoms with Gasteiger partial charge in [0.05, 0.1) is 19.3 Å². The zero-order valence-corrected chi connectivity index (χ0v) is 19.8. The van der Waals surface area contributed by atoms with Crippen molar-refractivity contribution in [2.45, 2.75) is 52.1 Å². The highest BCUT2D eigenvalue weighted by atomic mass is 19.2. The van der Waals surface area contributed by atoms with Crippen molar-refractivity contribution in [1.82, 2.24) is 0 Å². The van der Waals surface area contributed by atoms with Crippen molar-refractivity contribution in [3.63, 3.8) is 0 Å². The second-order valence-corrected chi connectivity index (χ2v) is 8.96. The summed E-state index contributed by atoms with van der Waals surface area (Å²) in [5.41, 5.74) is 2.64. The molecule has 2 atom stereocenters. The van der Waals surface area contributed by atoms with Gasteiger partial charge in [0.1, 0.15) is 5.82 Å². The molecule has 34 heavy (non-hydrogen) atoms. The largest absolute Gasteiger partial charge is 0.490 e. The van der Waals surface area contributed by atoms with Crippen LogP contribution >= 0.6 is 0 Å². The molecule has 3 aromatic carbocycles. The minimum Gasteiger partial charge on any atom is -0.490 e. The maximum atomic E-state index is 15.0. The molecule has 0 aromatic heterocycles. The predicted molar refractivity (Wildman–Crippen MR) is 129 cm³/mol. The number of ether oxygens (including phenoxy) is 2. The summed E-state index contributed by atoms with van der Waals surface area (Å²) in [6, 6.07) is 15.0. The van der Waals surface area contributed by atoms with Gasteiger partial charge in [-0.3, -0.25) is 0 Å². The Kier molecular flexibility index (Phi) is 7.94. The molecule has 0 amide bonds. The van der Waals surface area contributed by atoms with Crippen LogP contribution in [0.1, 0.15) is 57.6 Å². The van der Waals surface area contributed by atoms with Crippen molar-refractivity contribution in [2.75, 3.05) is 13.2 Å². The van der Waals surface area contributed by atoms with Crippen LogP contribution in [-0.4, -0.2) is 13.2 Å². The first-order chi connectivity index (χ1) is 16.5. The summed E-state index contributed by atoms with van der Waals surface area (Å²) >= 11 is 0. The molecular weight excluding hydrogens is 437 g/mol. The molecule has 1 aliphatic heterocycles. The first kappa shape index (κ1) is 24.3. The number of halogens is 3. The monoisotopic (exact) mass is 468 g/mol. The Morgan fingerprint density at radius 1 is 0.824 bits per heavy atom. The zero-order chi connectivity index (χ0) is 24.1.